The zero-order valence-electron chi connectivity index (χ0n) is 33.7. The van der Waals surface area contributed by atoms with Crippen LogP contribution in [0.1, 0.15) is 57.8 Å². The predicted octanol–water partition coefficient (Wildman–Crippen LogP) is -5.92. The fourth-order valence-corrected chi connectivity index (χ4v) is 6.63. The van der Waals surface area contributed by atoms with Gasteiger partial charge in [0.15, 0.2) is 12.5 Å². The molecule has 0 spiro atoms. The van der Waals surface area contributed by atoms with Crippen molar-refractivity contribution in [2.45, 2.75) is 133 Å². The molecule has 0 bridgehead atoms. The Labute approximate surface area is 345 Å². The maximum Gasteiger partial charge on any atom is 0.251 e. The SMILES string of the molecule is CC(=O)N[C@@H]1[C@@H](O)[C@H](O[C@@H]2O[C@H](CO)[C@@H](O)[C@H](O)[C@H]2NC(C)=O)[C@@H](CO)O[C@H]1NC(=O)C[C@H](NC(=O)c1ccccc1)C(=O)N[C@@H](CC(C)C)C(=O)N[C@H](C(N)=O)[C@@H](C)O. The van der Waals surface area contributed by atoms with E-state index in [1.54, 1.807) is 32.0 Å². The Hall–Kier alpha value is -4.85. The monoisotopic (exact) mass is 855 g/mol. The fourth-order valence-electron chi connectivity index (χ4n) is 6.63. The molecule has 0 saturated carbocycles. The molecule has 60 heavy (non-hydrogen) atoms. The Morgan fingerprint density at radius 1 is 0.750 bits per heavy atom. The summed E-state index contributed by atoms with van der Waals surface area (Å²) in [6, 6.07) is 0.0372. The van der Waals surface area contributed by atoms with E-state index >= 15 is 0 Å². The number of amides is 7. The molecule has 1 aromatic carbocycles. The van der Waals surface area contributed by atoms with E-state index in [9.17, 15) is 64.2 Å². The van der Waals surface area contributed by atoms with E-state index in [0.29, 0.717) is 0 Å². The summed E-state index contributed by atoms with van der Waals surface area (Å²) in [6.07, 6.45) is -15.4. The summed E-state index contributed by atoms with van der Waals surface area (Å²) in [5, 5.41) is 77.2. The summed E-state index contributed by atoms with van der Waals surface area (Å²) in [5.41, 5.74) is 5.43. The number of nitrogens with two attached hydrogens (primary N) is 1. The number of ether oxygens (including phenoxy) is 3. The Balaban J connectivity index is 1.90. The van der Waals surface area contributed by atoms with Gasteiger partial charge in [0.05, 0.1) is 25.7 Å². The second kappa shape index (κ2) is 22.7. The lowest BCUT2D eigenvalue weighted by Gasteiger charge is -2.48. The molecule has 0 aromatic heterocycles. The maximum atomic E-state index is 13.9. The number of hydrogen-bond donors (Lipinski definition) is 13. The first kappa shape index (κ1) is 49.5. The summed E-state index contributed by atoms with van der Waals surface area (Å²) in [4.78, 5) is 90.4. The van der Waals surface area contributed by atoms with Gasteiger partial charge >= 0.3 is 0 Å². The molecular formula is C37H57N7O16. The van der Waals surface area contributed by atoms with Gasteiger partial charge in [0.25, 0.3) is 5.91 Å². The molecule has 14 N–H and O–H groups in total. The van der Waals surface area contributed by atoms with Crippen LogP contribution < -0.4 is 37.6 Å². The molecule has 23 nitrogen and oxygen atoms in total. The largest absolute Gasteiger partial charge is 0.394 e. The first-order valence-corrected chi connectivity index (χ1v) is 19.2. The molecule has 14 atom stereocenters. The van der Waals surface area contributed by atoms with E-state index in [-0.39, 0.29) is 17.9 Å². The van der Waals surface area contributed by atoms with E-state index < -0.39 is 146 Å². The summed E-state index contributed by atoms with van der Waals surface area (Å²) in [5.74, 6) is -6.40. The molecule has 0 aliphatic carbocycles. The number of carbonyl (C=O) groups excluding carboxylic acids is 7. The average Bonchev–Trinajstić information content (AvgIpc) is 3.17. The van der Waals surface area contributed by atoms with Crippen LogP contribution in [0.3, 0.4) is 0 Å². The van der Waals surface area contributed by atoms with Crippen molar-refractivity contribution in [1.29, 1.82) is 0 Å². The van der Waals surface area contributed by atoms with Crippen molar-refractivity contribution in [2.75, 3.05) is 13.2 Å². The quantitative estimate of drug-likeness (QED) is 0.0616. The van der Waals surface area contributed by atoms with Crippen LogP contribution in [0.15, 0.2) is 30.3 Å². The van der Waals surface area contributed by atoms with Crippen molar-refractivity contribution in [2.24, 2.45) is 11.7 Å². The van der Waals surface area contributed by atoms with Gasteiger partial charge in [0.1, 0.15) is 66.8 Å². The van der Waals surface area contributed by atoms with Crippen molar-refractivity contribution in [3.63, 3.8) is 0 Å². The van der Waals surface area contributed by atoms with Crippen molar-refractivity contribution < 1.29 is 78.4 Å². The smallest absolute Gasteiger partial charge is 0.251 e. The van der Waals surface area contributed by atoms with Crippen LogP contribution >= 0.6 is 0 Å². The lowest BCUT2D eigenvalue weighted by Crippen LogP contribution is -2.71. The number of primary amides is 1. The van der Waals surface area contributed by atoms with E-state index in [4.69, 9.17) is 19.9 Å². The average molecular weight is 856 g/mol. The van der Waals surface area contributed by atoms with Gasteiger partial charge in [-0.05, 0) is 31.4 Å². The highest BCUT2D eigenvalue weighted by molar-refractivity contribution is 6.00. The number of nitrogens with one attached hydrogen (secondary N) is 6. The molecule has 2 saturated heterocycles. The number of aliphatic hydroxyl groups is 6. The standard InChI is InChI=1S/C37H57N7O16/c1-15(2)11-20(35(57)44-25(16(3)47)32(38)54)42-34(56)21(41-33(55)19-9-7-6-8-10-19)12-24(50)43-36-26(39-17(4)48)30(53)31(23(14-46)58-36)60-37-27(40-18(5)49)29(52)28(51)22(13-45)59-37/h6-10,15-16,20-23,25-31,36-37,45-47,51-53H,11-14H2,1-5H3,(H2,38,54)(H,39,48)(H,40,49)(H,41,55)(H,42,56)(H,43,50)(H,44,57)/t16-,20+,21+,22-,23-,25+,26-,27-,28-,29-,30-,31-,36-,37+/m1/s1. The zero-order valence-corrected chi connectivity index (χ0v) is 33.7. The van der Waals surface area contributed by atoms with Crippen LogP contribution in [-0.2, 0) is 43.0 Å². The molecule has 1 aromatic rings. The van der Waals surface area contributed by atoms with Gasteiger partial charge in [-0.1, -0.05) is 32.0 Å². The highest BCUT2D eigenvalue weighted by Gasteiger charge is 2.52. The second-order valence-corrected chi connectivity index (χ2v) is 15.0. The molecule has 0 radical (unpaired) electrons. The van der Waals surface area contributed by atoms with Crippen LogP contribution in [0.4, 0.5) is 0 Å². The summed E-state index contributed by atoms with van der Waals surface area (Å²) in [6.45, 7) is 5.18. The Kier molecular flexibility index (Phi) is 18.7. The molecule has 2 aliphatic rings. The van der Waals surface area contributed by atoms with Crippen molar-refractivity contribution >= 4 is 41.4 Å². The molecule has 0 unspecified atom stereocenters. The fraction of sp³-hybridized carbons (Fsp3) is 0.649. The van der Waals surface area contributed by atoms with E-state index in [1.165, 1.54) is 19.1 Å². The van der Waals surface area contributed by atoms with Gasteiger partial charge in [-0.15, -0.1) is 0 Å². The minimum atomic E-state index is -1.85. The second-order valence-electron chi connectivity index (χ2n) is 15.0. The number of rotatable bonds is 19. The molecular weight excluding hydrogens is 798 g/mol. The summed E-state index contributed by atoms with van der Waals surface area (Å²) >= 11 is 0. The van der Waals surface area contributed by atoms with Crippen molar-refractivity contribution in [3.05, 3.63) is 35.9 Å². The first-order chi connectivity index (χ1) is 28.2. The molecule has 2 fully saturated rings. The molecule has 2 heterocycles. The minimum absolute atomic E-state index is 0.00402. The maximum absolute atomic E-state index is 13.9. The van der Waals surface area contributed by atoms with Crippen LogP contribution in [-0.4, -0.2) is 171 Å². The Morgan fingerprint density at radius 2 is 1.33 bits per heavy atom. The van der Waals surface area contributed by atoms with Gasteiger partial charge in [-0.2, -0.15) is 0 Å². The predicted molar refractivity (Wildman–Crippen MR) is 204 cm³/mol. The Morgan fingerprint density at radius 3 is 1.87 bits per heavy atom. The molecule has 3 rings (SSSR count). The third-order valence-electron chi connectivity index (χ3n) is 9.59. The normalized spacial score (nSPS) is 28.5. The van der Waals surface area contributed by atoms with Gasteiger partial charge < -0.3 is 82.5 Å². The van der Waals surface area contributed by atoms with Crippen LogP contribution in [0.5, 0.6) is 0 Å². The van der Waals surface area contributed by atoms with Gasteiger partial charge in [-0.25, -0.2) is 0 Å². The van der Waals surface area contributed by atoms with Gasteiger partial charge in [-0.3, -0.25) is 33.6 Å². The highest BCUT2D eigenvalue weighted by Crippen LogP contribution is 2.29. The number of hydrogen-bond acceptors (Lipinski definition) is 16. The molecule has 7 amide bonds. The highest BCUT2D eigenvalue weighted by atomic mass is 16.7. The van der Waals surface area contributed by atoms with Crippen molar-refractivity contribution in [1.82, 2.24) is 31.9 Å². The first-order valence-electron chi connectivity index (χ1n) is 19.2. The molecule has 2 aliphatic heterocycles. The third-order valence-corrected chi connectivity index (χ3v) is 9.59. The molecule has 23 heteroatoms. The van der Waals surface area contributed by atoms with E-state index in [1.807, 2.05) is 0 Å². The minimum Gasteiger partial charge on any atom is -0.394 e. The Bertz CT molecular complexity index is 1650. The van der Waals surface area contributed by atoms with Crippen LogP contribution in [0.25, 0.3) is 0 Å². The zero-order chi connectivity index (χ0) is 45.0. The van der Waals surface area contributed by atoms with Crippen LogP contribution in [0, 0.1) is 5.92 Å². The lowest BCUT2D eigenvalue weighted by atomic mass is 9.94. The topological polar surface area (TPSA) is 367 Å². The van der Waals surface area contributed by atoms with Crippen LogP contribution in [0.2, 0.25) is 0 Å². The number of benzene rings is 1. The van der Waals surface area contributed by atoms with E-state index in [0.717, 1.165) is 13.8 Å². The van der Waals surface area contributed by atoms with Gasteiger partial charge in [0, 0.05) is 19.4 Å². The summed E-state index contributed by atoms with van der Waals surface area (Å²) in [7, 11) is 0. The number of aliphatic hydroxyl groups excluding tert-OH is 6. The lowest BCUT2D eigenvalue weighted by molar-refractivity contribution is -0.315. The van der Waals surface area contributed by atoms with Gasteiger partial charge in [0.2, 0.25) is 35.4 Å². The summed E-state index contributed by atoms with van der Waals surface area (Å²) < 4.78 is 17.4. The molecule has 336 valence electrons. The number of carbonyl (C=O) groups is 7. The van der Waals surface area contributed by atoms with Crippen molar-refractivity contribution in [3.8, 4) is 0 Å². The van der Waals surface area contributed by atoms with E-state index in [2.05, 4.69) is 31.9 Å². The third kappa shape index (κ3) is 13.6.